The van der Waals surface area contributed by atoms with Gasteiger partial charge in [-0.25, -0.2) is 0 Å². The van der Waals surface area contributed by atoms with Crippen LogP contribution in [0.2, 0.25) is 24.4 Å². The van der Waals surface area contributed by atoms with Crippen LogP contribution in [0.5, 0.6) is 0 Å². The van der Waals surface area contributed by atoms with Gasteiger partial charge in [0.15, 0.2) is 0 Å². The minimum Gasteiger partial charge on any atom is -0.147 e. The molecule has 0 spiro atoms. The number of rotatable bonds is 3. The van der Waals surface area contributed by atoms with Crippen molar-refractivity contribution in [3.63, 3.8) is 0 Å². The lowest BCUT2D eigenvalue weighted by molar-refractivity contribution is 1.54. The molecule has 0 nitrogen and oxygen atoms in total. The van der Waals surface area contributed by atoms with Crippen LogP contribution in [0.1, 0.15) is 0 Å². The van der Waals surface area contributed by atoms with Crippen LogP contribution in [0.4, 0.5) is 0 Å². The third-order valence-electron chi connectivity index (χ3n) is 1.30. The van der Waals surface area contributed by atoms with E-state index >= 15 is 0 Å². The minimum atomic E-state index is -1.35. The lowest BCUT2D eigenvalue weighted by Crippen LogP contribution is -2.40. The van der Waals surface area contributed by atoms with Crippen molar-refractivity contribution in [2.24, 2.45) is 0 Å². The van der Waals surface area contributed by atoms with Gasteiger partial charge in [-0.2, -0.15) is 0 Å². The second-order valence-electron chi connectivity index (χ2n) is 3.38. The SMILES string of the molecule is C[Si](C)(C)C([Si](Cl)Cl)[Si](Cl)Cl. The number of hydrogen-bond donors (Lipinski definition) is 0. The van der Waals surface area contributed by atoms with Crippen LogP contribution in [0.15, 0.2) is 0 Å². The van der Waals surface area contributed by atoms with Crippen LogP contribution >= 0.6 is 44.3 Å². The summed E-state index contributed by atoms with van der Waals surface area (Å²) < 4.78 is 0. The average Bonchev–Trinajstić information content (AvgIpc) is 1.54. The highest BCUT2D eigenvalue weighted by atomic mass is 35.7. The second kappa shape index (κ2) is 4.88. The molecule has 0 heterocycles. The maximum Gasteiger partial charge on any atom is 0.273 e. The zero-order chi connectivity index (χ0) is 9.23. The van der Waals surface area contributed by atoms with Gasteiger partial charge in [-0.3, -0.25) is 0 Å². The molecule has 0 aliphatic carbocycles. The summed E-state index contributed by atoms with van der Waals surface area (Å²) in [6.07, 6.45) is 0. The van der Waals surface area contributed by atoms with E-state index in [1.165, 1.54) is 0 Å². The fraction of sp³-hybridized carbons (Fsp3) is 1.00. The van der Waals surface area contributed by atoms with E-state index in [0.717, 1.165) is 0 Å². The van der Waals surface area contributed by atoms with Gasteiger partial charge in [-0.1, -0.05) is 19.6 Å². The zero-order valence-electron chi connectivity index (χ0n) is 6.59. The van der Waals surface area contributed by atoms with Crippen LogP contribution in [-0.2, 0) is 0 Å². The molecule has 0 atom stereocenters. The molecule has 7 heteroatoms. The van der Waals surface area contributed by atoms with Crippen molar-refractivity contribution in [3.8, 4) is 0 Å². The highest BCUT2D eigenvalue weighted by Crippen LogP contribution is 2.34. The van der Waals surface area contributed by atoms with Gasteiger partial charge < -0.3 is 0 Å². The molecule has 0 aliphatic heterocycles. The van der Waals surface area contributed by atoms with Crippen molar-refractivity contribution < 1.29 is 0 Å². The van der Waals surface area contributed by atoms with Crippen molar-refractivity contribution in [1.82, 2.24) is 0 Å². The Labute approximate surface area is 91.2 Å². The Kier molecular flexibility index (Phi) is 5.69. The predicted octanol–water partition coefficient (Wildman–Crippen LogP) is 3.70. The van der Waals surface area contributed by atoms with Gasteiger partial charge in [0.2, 0.25) is 0 Å². The van der Waals surface area contributed by atoms with Gasteiger partial charge in [0.05, 0.1) is 0 Å². The van der Waals surface area contributed by atoms with E-state index in [1.807, 2.05) is 0 Å². The monoisotopic (exact) mass is 282 g/mol. The van der Waals surface area contributed by atoms with Crippen molar-refractivity contribution >= 4 is 67.2 Å². The molecule has 0 fully saturated rings. The van der Waals surface area contributed by atoms with Crippen molar-refractivity contribution in [2.75, 3.05) is 0 Å². The van der Waals surface area contributed by atoms with Gasteiger partial charge >= 0.3 is 0 Å². The maximum atomic E-state index is 5.88. The second-order valence-corrected chi connectivity index (χ2v) is 18.8. The van der Waals surface area contributed by atoms with E-state index in [1.54, 1.807) is 0 Å². The van der Waals surface area contributed by atoms with Crippen LogP contribution < -0.4 is 0 Å². The van der Waals surface area contributed by atoms with Gasteiger partial charge in [0.25, 0.3) is 14.8 Å². The van der Waals surface area contributed by atoms with Crippen molar-refractivity contribution in [3.05, 3.63) is 0 Å². The highest BCUT2D eigenvalue weighted by molar-refractivity contribution is 7.49. The van der Waals surface area contributed by atoms with Gasteiger partial charge in [-0.15, -0.1) is 44.3 Å². The van der Waals surface area contributed by atoms with Crippen LogP contribution in [-0.4, -0.2) is 22.9 Å². The van der Waals surface area contributed by atoms with E-state index in [0.29, 0.717) is 0 Å². The van der Waals surface area contributed by atoms with Crippen molar-refractivity contribution in [1.29, 1.82) is 0 Å². The summed E-state index contributed by atoms with van der Waals surface area (Å²) in [6, 6.07) is 0. The fourth-order valence-corrected chi connectivity index (χ4v) is 24.4. The summed E-state index contributed by atoms with van der Waals surface area (Å²) >= 11 is 23.5. The normalized spacial score (nSPS) is 13.6. The first-order valence-electron chi connectivity index (χ1n) is 3.12. The topological polar surface area (TPSA) is 0 Å². The van der Waals surface area contributed by atoms with Crippen LogP contribution in [0.3, 0.4) is 0 Å². The first kappa shape index (κ1) is 12.8. The molecule has 0 aliphatic rings. The highest BCUT2D eigenvalue weighted by Gasteiger charge is 2.40. The van der Waals surface area contributed by atoms with Gasteiger partial charge in [-0.05, 0) is 4.79 Å². The minimum absolute atomic E-state index is 0.240. The molecule has 0 unspecified atom stereocenters. The van der Waals surface area contributed by atoms with Gasteiger partial charge in [0, 0.05) is 8.07 Å². The summed E-state index contributed by atoms with van der Waals surface area (Å²) in [4.78, 5) is 0.240. The average molecular weight is 284 g/mol. The molecular weight excluding hydrogens is 274 g/mol. The van der Waals surface area contributed by atoms with E-state index in [2.05, 4.69) is 19.6 Å². The van der Waals surface area contributed by atoms with Gasteiger partial charge in [0.1, 0.15) is 0 Å². The van der Waals surface area contributed by atoms with E-state index in [4.69, 9.17) is 44.3 Å². The number of halogens is 4. The summed E-state index contributed by atoms with van der Waals surface area (Å²) in [5, 5.41) is 0. The Morgan fingerprint density at radius 3 is 1.18 bits per heavy atom. The molecule has 66 valence electrons. The lowest BCUT2D eigenvalue weighted by atomic mass is 11.7. The Morgan fingerprint density at radius 2 is 1.18 bits per heavy atom. The molecule has 0 saturated carbocycles. The zero-order valence-corrected chi connectivity index (χ0v) is 12.6. The summed E-state index contributed by atoms with van der Waals surface area (Å²) in [7, 11) is -4.03. The molecular formula is C4H10Cl4Si3. The number of hydrogen-bond acceptors (Lipinski definition) is 0. The summed E-state index contributed by atoms with van der Waals surface area (Å²) in [6.45, 7) is 6.59. The quantitative estimate of drug-likeness (QED) is 0.547. The fourth-order valence-electron chi connectivity index (χ4n) is 0.737. The smallest absolute Gasteiger partial charge is 0.147 e. The van der Waals surface area contributed by atoms with E-state index in [9.17, 15) is 0 Å². The Hall–Kier alpha value is 1.81. The maximum absolute atomic E-state index is 5.88. The van der Waals surface area contributed by atoms with E-state index in [-0.39, 0.29) is 4.79 Å². The Balaban J connectivity index is 4.35. The molecule has 11 heavy (non-hydrogen) atoms. The molecule has 0 aromatic rings. The van der Waals surface area contributed by atoms with Crippen LogP contribution in [0.25, 0.3) is 0 Å². The lowest BCUT2D eigenvalue weighted by Gasteiger charge is -2.28. The summed E-state index contributed by atoms with van der Waals surface area (Å²) in [5.74, 6) is 0. The Bertz CT molecular complexity index is 113. The third-order valence-corrected chi connectivity index (χ3v) is 19.6. The molecule has 0 aromatic carbocycles. The first-order valence-corrected chi connectivity index (χ1v) is 13.9. The molecule has 0 saturated heterocycles. The largest absolute Gasteiger partial charge is 0.273 e. The predicted molar refractivity (Wildman–Crippen MR) is 62.0 cm³/mol. The first-order chi connectivity index (χ1) is 4.76. The standard InChI is InChI=1S/C4H10Cl4Si3/c1-11(2,3)4(9(5)6)10(7)8/h4H,1-3H3. The molecule has 0 amide bonds. The molecule has 0 aromatic heterocycles. The molecule has 0 bridgehead atoms. The molecule has 0 rings (SSSR count). The molecule has 0 N–H and O–H groups in total. The summed E-state index contributed by atoms with van der Waals surface area (Å²) in [5.41, 5.74) is 0. The van der Waals surface area contributed by atoms with Crippen molar-refractivity contribution in [2.45, 2.75) is 24.4 Å². The molecule has 2 radical (unpaired) electrons. The third kappa shape index (κ3) is 4.55. The van der Waals surface area contributed by atoms with E-state index < -0.39 is 22.9 Å². The van der Waals surface area contributed by atoms with Crippen LogP contribution in [0, 0.1) is 0 Å². The Morgan fingerprint density at radius 1 is 0.909 bits per heavy atom.